The van der Waals surface area contributed by atoms with E-state index in [0.717, 1.165) is 12.3 Å². The van der Waals surface area contributed by atoms with Gasteiger partial charge in [-0.15, -0.1) is 0 Å². The number of anilines is 1. The molecule has 1 N–H and O–H groups in total. The molecular weight excluding hydrogens is 516 g/mol. The molecule has 0 heterocycles. The summed E-state index contributed by atoms with van der Waals surface area (Å²) < 4.78 is 40.2. The summed E-state index contributed by atoms with van der Waals surface area (Å²) in [4.78, 5) is 28.0. The summed E-state index contributed by atoms with van der Waals surface area (Å²) in [5.74, 6) is -1.87. The third kappa shape index (κ3) is 8.08. The van der Waals surface area contributed by atoms with Crippen molar-refractivity contribution in [3.05, 3.63) is 63.9 Å². The van der Waals surface area contributed by atoms with Gasteiger partial charge < -0.3 is 10.2 Å². The Balaban J connectivity index is 2.50. The molecule has 11 heteroatoms. The first-order chi connectivity index (χ1) is 16.1. The number of hydrogen-bond donors (Lipinski definition) is 1. The Morgan fingerprint density at radius 1 is 1.09 bits per heavy atom. The van der Waals surface area contributed by atoms with Gasteiger partial charge in [-0.05, 0) is 57.0 Å². The molecule has 1 atom stereocenters. The topological polar surface area (TPSA) is 86.8 Å². The summed E-state index contributed by atoms with van der Waals surface area (Å²) in [6.45, 7) is 6.44. The number of hydrogen-bond acceptors (Lipinski definition) is 4. The number of sulfonamides is 1. The average Bonchev–Trinajstić information content (AvgIpc) is 2.73. The number of rotatable bonds is 9. The zero-order valence-electron chi connectivity index (χ0n) is 20.3. The summed E-state index contributed by atoms with van der Waals surface area (Å²) in [5.41, 5.74) is -0.231. The molecule has 0 spiro atoms. The highest BCUT2D eigenvalue weighted by molar-refractivity contribution is 7.92. The first-order valence-electron chi connectivity index (χ1n) is 10.9. The summed E-state index contributed by atoms with van der Waals surface area (Å²) in [7, 11) is -4.03. The van der Waals surface area contributed by atoms with Crippen LogP contribution in [0.15, 0.2) is 42.5 Å². The SMILES string of the molecule is CCC(C(=O)NC(C)(C)C)N(Cc1ccc(Cl)c(Cl)c1)C(=O)CN(c1ccccc1F)S(C)(=O)=O. The average molecular weight is 546 g/mol. The first-order valence-corrected chi connectivity index (χ1v) is 13.5. The van der Waals surface area contributed by atoms with Crippen molar-refractivity contribution in [2.75, 3.05) is 17.1 Å². The number of nitrogens with zero attached hydrogens (tertiary/aromatic N) is 2. The van der Waals surface area contributed by atoms with Crippen molar-refractivity contribution in [3.63, 3.8) is 0 Å². The number of halogens is 3. The summed E-state index contributed by atoms with van der Waals surface area (Å²) >= 11 is 12.1. The Morgan fingerprint density at radius 2 is 1.71 bits per heavy atom. The van der Waals surface area contributed by atoms with Crippen molar-refractivity contribution >= 4 is 50.7 Å². The zero-order chi connectivity index (χ0) is 26.6. The van der Waals surface area contributed by atoms with Crippen LogP contribution in [0.1, 0.15) is 39.7 Å². The van der Waals surface area contributed by atoms with Gasteiger partial charge in [0.05, 0.1) is 22.0 Å². The summed E-state index contributed by atoms with van der Waals surface area (Å²) in [6, 6.07) is 9.16. The molecule has 1 unspecified atom stereocenters. The lowest BCUT2D eigenvalue weighted by atomic mass is 10.1. The smallest absolute Gasteiger partial charge is 0.244 e. The largest absolute Gasteiger partial charge is 0.350 e. The molecule has 0 fully saturated rings. The number of para-hydroxylation sites is 1. The van der Waals surface area contributed by atoms with Crippen molar-refractivity contribution in [1.29, 1.82) is 0 Å². The van der Waals surface area contributed by atoms with Gasteiger partial charge in [-0.3, -0.25) is 13.9 Å². The van der Waals surface area contributed by atoms with Crippen LogP contribution in [-0.4, -0.2) is 49.5 Å². The van der Waals surface area contributed by atoms with Crippen LogP contribution in [0.2, 0.25) is 10.0 Å². The van der Waals surface area contributed by atoms with E-state index in [9.17, 15) is 22.4 Å². The van der Waals surface area contributed by atoms with Gasteiger partial charge in [-0.1, -0.05) is 48.3 Å². The van der Waals surface area contributed by atoms with Gasteiger partial charge in [0.25, 0.3) is 0 Å². The van der Waals surface area contributed by atoms with Crippen LogP contribution in [0.3, 0.4) is 0 Å². The number of carbonyl (C=O) groups excluding carboxylic acids is 2. The lowest BCUT2D eigenvalue weighted by Gasteiger charge is -2.34. The predicted molar refractivity (Wildman–Crippen MR) is 138 cm³/mol. The number of carbonyl (C=O) groups is 2. The lowest BCUT2D eigenvalue weighted by Crippen LogP contribution is -2.55. The monoisotopic (exact) mass is 545 g/mol. The maximum Gasteiger partial charge on any atom is 0.244 e. The second kappa shape index (κ2) is 11.6. The van der Waals surface area contributed by atoms with E-state index < -0.39 is 45.8 Å². The molecule has 192 valence electrons. The van der Waals surface area contributed by atoms with Gasteiger partial charge >= 0.3 is 0 Å². The minimum Gasteiger partial charge on any atom is -0.350 e. The highest BCUT2D eigenvalue weighted by atomic mass is 35.5. The lowest BCUT2D eigenvalue weighted by molar-refractivity contribution is -0.141. The van der Waals surface area contributed by atoms with E-state index in [-0.39, 0.29) is 23.7 Å². The van der Waals surface area contributed by atoms with E-state index in [4.69, 9.17) is 23.2 Å². The molecule has 2 aromatic carbocycles. The molecule has 0 aliphatic heterocycles. The minimum absolute atomic E-state index is 0.0410. The van der Waals surface area contributed by atoms with Gasteiger partial charge in [-0.2, -0.15) is 0 Å². The first kappa shape index (κ1) is 28.9. The molecule has 0 aliphatic rings. The van der Waals surface area contributed by atoms with Gasteiger partial charge in [0, 0.05) is 12.1 Å². The Morgan fingerprint density at radius 3 is 2.23 bits per heavy atom. The fourth-order valence-electron chi connectivity index (χ4n) is 3.46. The molecule has 0 aromatic heterocycles. The number of benzene rings is 2. The van der Waals surface area contributed by atoms with Crippen LogP contribution in [0, 0.1) is 5.82 Å². The van der Waals surface area contributed by atoms with Crippen molar-refractivity contribution < 1.29 is 22.4 Å². The quantitative estimate of drug-likeness (QED) is 0.498. The van der Waals surface area contributed by atoms with Crippen LogP contribution in [0.5, 0.6) is 0 Å². The highest BCUT2D eigenvalue weighted by Crippen LogP contribution is 2.25. The molecule has 0 saturated carbocycles. The maximum atomic E-state index is 14.5. The Hall–Kier alpha value is -2.36. The molecular formula is C24H30Cl2FN3O4S. The Bertz CT molecular complexity index is 1190. The normalized spacial score (nSPS) is 12.7. The van der Waals surface area contributed by atoms with E-state index in [1.165, 1.54) is 23.1 Å². The highest BCUT2D eigenvalue weighted by Gasteiger charge is 2.33. The van der Waals surface area contributed by atoms with E-state index in [0.29, 0.717) is 14.9 Å². The van der Waals surface area contributed by atoms with Gasteiger partial charge in [-0.25, -0.2) is 12.8 Å². The van der Waals surface area contributed by atoms with Crippen molar-refractivity contribution in [2.24, 2.45) is 0 Å². The van der Waals surface area contributed by atoms with E-state index in [2.05, 4.69) is 5.32 Å². The van der Waals surface area contributed by atoms with Crippen LogP contribution in [0.4, 0.5) is 10.1 Å². The third-order valence-corrected chi connectivity index (χ3v) is 6.89. The summed E-state index contributed by atoms with van der Waals surface area (Å²) in [6.07, 6.45) is 1.15. The fraction of sp³-hybridized carbons (Fsp3) is 0.417. The molecule has 0 aliphatic carbocycles. The molecule has 2 aromatic rings. The molecule has 0 bridgehead atoms. The zero-order valence-corrected chi connectivity index (χ0v) is 22.6. The molecule has 0 saturated heterocycles. The van der Waals surface area contributed by atoms with Crippen LogP contribution < -0.4 is 9.62 Å². The van der Waals surface area contributed by atoms with Crippen molar-refractivity contribution in [1.82, 2.24) is 10.2 Å². The van der Waals surface area contributed by atoms with Gasteiger partial charge in [0.15, 0.2) is 0 Å². The summed E-state index contributed by atoms with van der Waals surface area (Å²) in [5, 5.41) is 3.46. The Kier molecular flexibility index (Phi) is 9.56. The van der Waals surface area contributed by atoms with Crippen molar-refractivity contribution in [2.45, 2.75) is 52.2 Å². The Labute approximate surface area is 216 Å². The molecule has 35 heavy (non-hydrogen) atoms. The standard InChI is InChI=1S/C24H30Cl2FN3O4S/c1-6-20(23(32)28-24(2,3)4)29(14-16-11-12-17(25)18(26)13-16)22(31)15-30(35(5,33)34)21-10-8-7-9-19(21)27/h7-13,20H,6,14-15H2,1-5H3,(H,28,32). The van der Waals surface area contributed by atoms with Crippen LogP contribution in [-0.2, 0) is 26.2 Å². The maximum absolute atomic E-state index is 14.5. The predicted octanol–water partition coefficient (Wildman–Crippen LogP) is 4.62. The second-order valence-corrected chi connectivity index (χ2v) is 11.9. The van der Waals surface area contributed by atoms with Crippen LogP contribution in [0.25, 0.3) is 0 Å². The fourth-order valence-corrected chi connectivity index (χ4v) is 4.63. The van der Waals surface area contributed by atoms with E-state index >= 15 is 0 Å². The van der Waals surface area contributed by atoms with Crippen LogP contribution >= 0.6 is 23.2 Å². The number of nitrogens with one attached hydrogen (secondary N) is 1. The van der Waals surface area contributed by atoms with Gasteiger partial charge in [0.2, 0.25) is 21.8 Å². The van der Waals surface area contributed by atoms with Gasteiger partial charge in [0.1, 0.15) is 18.4 Å². The molecule has 0 radical (unpaired) electrons. The number of amides is 2. The third-order valence-electron chi connectivity index (χ3n) is 5.02. The minimum atomic E-state index is -4.03. The van der Waals surface area contributed by atoms with E-state index in [1.807, 2.05) is 20.8 Å². The molecule has 7 nitrogen and oxygen atoms in total. The molecule has 2 amide bonds. The molecule has 2 rings (SSSR count). The second-order valence-electron chi connectivity index (χ2n) is 9.15. The van der Waals surface area contributed by atoms with Crippen molar-refractivity contribution in [3.8, 4) is 0 Å². The van der Waals surface area contributed by atoms with E-state index in [1.54, 1.807) is 25.1 Å².